The number of thioether (sulfide) groups is 1. The van der Waals surface area contributed by atoms with E-state index in [1.54, 1.807) is 0 Å². The second kappa shape index (κ2) is 5.92. The zero-order valence-electron chi connectivity index (χ0n) is 8.76. The zero-order chi connectivity index (χ0) is 13.1. The van der Waals surface area contributed by atoms with Crippen LogP contribution in [0, 0.1) is 0 Å². The number of carboxylic acid groups (broad SMARTS) is 1. The van der Waals surface area contributed by atoms with Crippen molar-refractivity contribution in [3.05, 3.63) is 0 Å². The summed E-state index contributed by atoms with van der Waals surface area (Å²) in [5, 5.41) is 10.2. The first kappa shape index (κ1) is 14.6. The fourth-order valence-electron chi connectivity index (χ4n) is 1.42. The normalized spacial score (nSPS) is 26.6. The van der Waals surface area contributed by atoms with Crippen molar-refractivity contribution in [2.45, 2.75) is 11.4 Å². The van der Waals surface area contributed by atoms with Gasteiger partial charge in [-0.3, -0.25) is 9.59 Å². The second-order valence-corrected chi connectivity index (χ2v) is 7.35. The molecule has 0 aliphatic carbocycles. The van der Waals surface area contributed by atoms with E-state index in [4.69, 9.17) is 16.7 Å². The van der Waals surface area contributed by atoms with Crippen LogP contribution in [0.2, 0.25) is 0 Å². The number of rotatable bonds is 5. The van der Waals surface area contributed by atoms with Crippen LogP contribution in [0.25, 0.3) is 0 Å². The van der Waals surface area contributed by atoms with Crippen molar-refractivity contribution in [2.24, 2.45) is 0 Å². The van der Waals surface area contributed by atoms with E-state index in [1.165, 1.54) is 0 Å². The molecule has 98 valence electrons. The molecule has 0 saturated carbocycles. The third kappa shape index (κ3) is 5.13. The molecular weight excluding hydrogens is 290 g/mol. The fraction of sp³-hybridized carbons (Fsp3) is 0.750. The summed E-state index contributed by atoms with van der Waals surface area (Å²) in [5.74, 6) is -1.88. The maximum atomic E-state index is 11.4. The van der Waals surface area contributed by atoms with Crippen LogP contribution in [0.5, 0.6) is 0 Å². The number of nitrogens with one attached hydrogen (secondary N) is 1. The Morgan fingerprint density at radius 1 is 1.35 bits per heavy atom. The molecule has 0 spiro atoms. The highest BCUT2D eigenvalue weighted by molar-refractivity contribution is 8.00. The molecule has 0 aromatic heterocycles. The van der Waals surface area contributed by atoms with Gasteiger partial charge in [0.1, 0.15) is 0 Å². The molecule has 0 radical (unpaired) electrons. The van der Waals surface area contributed by atoms with Crippen molar-refractivity contribution in [1.29, 1.82) is 0 Å². The van der Waals surface area contributed by atoms with Crippen molar-refractivity contribution in [3.8, 4) is 0 Å². The lowest BCUT2D eigenvalue weighted by molar-refractivity contribution is -0.133. The summed E-state index contributed by atoms with van der Waals surface area (Å²) < 4.78 is 22.4. The van der Waals surface area contributed by atoms with E-state index in [0.29, 0.717) is 0 Å². The van der Waals surface area contributed by atoms with E-state index in [9.17, 15) is 18.0 Å². The predicted octanol–water partition coefficient (Wildman–Crippen LogP) is -0.675. The van der Waals surface area contributed by atoms with E-state index in [2.05, 4.69) is 5.32 Å². The molecule has 1 amide bonds. The van der Waals surface area contributed by atoms with Gasteiger partial charge in [0.15, 0.2) is 9.84 Å². The Bertz CT molecular complexity index is 410. The summed E-state index contributed by atoms with van der Waals surface area (Å²) in [6.07, 6.45) is 0. The summed E-state index contributed by atoms with van der Waals surface area (Å²) >= 11 is 6.75. The Morgan fingerprint density at radius 2 is 2.00 bits per heavy atom. The lowest BCUT2D eigenvalue weighted by Gasteiger charge is -2.13. The first-order chi connectivity index (χ1) is 7.80. The van der Waals surface area contributed by atoms with E-state index in [-0.39, 0.29) is 23.0 Å². The van der Waals surface area contributed by atoms with Crippen LogP contribution in [0.4, 0.5) is 0 Å². The van der Waals surface area contributed by atoms with Crippen LogP contribution in [0.1, 0.15) is 0 Å². The van der Waals surface area contributed by atoms with Gasteiger partial charge in [-0.05, 0) is 0 Å². The molecule has 2 unspecified atom stereocenters. The Balaban J connectivity index is 2.34. The van der Waals surface area contributed by atoms with E-state index in [1.807, 2.05) is 0 Å². The molecule has 6 nitrogen and oxygen atoms in total. The van der Waals surface area contributed by atoms with Gasteiger partial charge in [-0.15, -0.1) is 23.4 Å². The first-order valence-electron chi connectivity index (χ1n) is 4.73. The van der Waals surface area contributed by atoms with Gasteiger partial charge >= 0.3 is 5.97 Å². The molecule has 1 fully saturated rings. The van der Waals surface area contributed by atoms with Crippen LogP contribution in [-0.2, 0) is 19.4 Å². The Hall–Kier alpha value is -0.470. The van der Waals surface area contributed by atoms with E-state index in [0.717, 1.165) is 11.8 Å². The predicted molar refractivity (Wildman–Crippen MR) is 65.2 cm³/mol. The summed E-state index contributed by atoms with van der Waals surface area (Å²) in [5.41, 5.74) is 0. The SMILES string of the molecule is O=C(O)CSCC(=O)NC1CS(=O)(=O)CC1Cl. The van der Waals surface area contributed by atoms with Crippen molar-refractivity contribution in [2.75, 3.05) is 23.0 Å². The lowest BCUT2D eigenvalue weighted by Crippen LogP contribution is -2.41. The second-order valence-electron chi connectivity index (χ2n) is 3.65. The molecule has 1 aliphatic heterocycles. The maximum absolute atomic E-state index is 11.4. The molecule has 2 atom stereocenters. The number of halogens is 1. The molecule has 17 heavy (non-hydrogen) atoms. The Kier molecular flexibility index (Phi) is 5.08. The van der Waals surface area contributed by atoms with Crippen molar-refractivity contribution in [1.82, 2.24) is 5.32 Å². The summed E-state index contributed by atoms with van der Waals surface area (Å²) in [7, 11) is -3.17. The Labute approximate surface area is 108 Å². The van der Waals surface area contributed by atoms with E-state index >= 15 is 0 Å². The summed E-state index contributed by atoms with van der Waals surface area (Å²) in [4.78, 5) is 21.6. The van der Waals surface area contributed by atoms with Gasteiger partial charge in [0.05, 0.1) is 34.4 Å². The molecule has 0 aromatic rings. The van der Waals surface area contributed by atoms with Crippen LogP contribution in [-0.4, -0.2) is 59.8 Å². The number of alkyl halides is 1. The molecule has 0 bridgehead atoms. The lowest BCUT2D eigenvalue weighted by atomic mass is 10.2. The van der Waals surface area contributed by atoms with Crippen molar-refractivity contribution < 1.29 is 23.1 Å². The van der Waals surface area contributed by atoms with Gasteiger partial charge < -0.3 is 10.4 Å². The van der Waals surface area contributed by atoms with Gasteiger partial charge in [0, 0.05) is 0 Å². The molecule has 1 rings (SSSR count). The highest BCUT2D eigenvalue weighted by Gasteiger charge is 2.37. The summed E-state index contributed by atoms with van der Waals surface area (Å²) in [6, 6.07) is -0.584. The average molecular weight is 302 g/mol. The topological polar surface area (TPSA) is 101 Å². The third-order valence-electron chi connectivity index (χ3n) is 2.09. The number of sulfone groups is 1. The van der Waals surface area contributed by atoms with Gasteiger partial charge in [-0.2, -0.15) is 0 Å². The van der Waals surface area contributed by atoms with Gasteiger partial charge in [0.2, 0.25) is 5.91 Å². The first-order valence-corrected chi connectivity index (χ1v) is 8.15. The minimum absolute atomic E-state index is 0.0214. The number of amides is 1. The molecule has 2 N–H and O–H groups in total. The number of carbonyl (C=O) groups is 2. The largest absolute Gasteiger partial charge is 0.481 e. The highest BCUT2D eigenvalue weighted by Crippen LogP contribution is 2.18. The van der Waals surface area contributed by atoms with E-state index < -0.39 is 33.1 Å². The smallest absolute Gasteiger partial charge is 0.313 e. The molecule has 1 saturated heterocycles. The number of hydrogen-bond acceptors (Lipinski definition) is 5. The molecule has 9 heteroatoms. The van der Waals surface area contributed by atoms with Gasteiger partial charge in [0.25, 0.3) is 0 Å². The zero-order valence-corrected chi connectivity index (χ0v) is 11.1. The van der Waals surface area contributed by atoms with Crippen molar-refractivity contribution >= 4 is 45.1 Å². The standard InChI is InChI=1S/C8H12ClNO5S2/c9-5-3-17(14,15)4-6(5)10-7(11)1-16-2-8(12)13/h5-6H,1-4H2,(H,10,11)(H,12,13). The van der Waals surface area contributed by atoms with Gasteiger partial charge in [-0.25, -0.2) is 8.42 Å². The average Bonchev–Trinajstić information content (AvgIpc) is 2.38. The number of aliphatic carboxylic acids is 1. The number of hydrogen-bond donors (Lipinski definition) is 2. The Morgan fingerprint density at radius 3 is 2.47 bits per heavy atom. The number of carboxylic acids is 1. The van der Waals surface area contributed by atoms with Crippen LogP contribution >= 0.6 is 23.4 Å². The summed E-state index contributed by atoms with van der Waals surface area (Å²) in [6.45, 7) is 0. The monoisotopic (exact) mass is 301 g/mol. The maximum Gasteiger partial charge on any atom is 0.313 e. The van der Waals surface area contributed by atoms with Crippen molar-refractivity contribution in [3.63, 3.8) is 0 Å². The molecular formula is C8H12ClNO5S2. The highest BCUT2D eigenvalue weighted by atomic mass is 35.5. The minimum atomic E-state index is -3.17. The van der Waals surface area contributed by atoms with Crippen LogP contribution < -0.4 is 5.32 Å². The molecule has 0 aromatic carbocycles. The molecule has 1 heterocycles. The van der Waals surface area contributed by atoms with Crippen LogP contribution in [0.15, 0.2) is 0 Å². The third-order valence-corrected chi connectivity index (χ3v) is 5.38. The van der Waals surface area contributed by atoms with Gasteiger partial charge in [-0.1, -0.05) is 0 Å². The minimum Gasteiger partial charge on any atom is -0.481 e. The number of carbonyl (C=O) groups excluding carboxylic acids is 1. The van der Waals surface area contributed by atoms with Crippen LogP contribution in [0.3, 0.4) is 0 Å². The quantitative estimate of drug-likeness (QED) is 0.653. The molecule has 1 aliphatic rings. The fourth-order valence-corrected chi connectivity index (χ4v) is 4.51.